The van der Waals surface area contributed by atoms with Crippen LogP contribution >= 0.6 is 0 Å². The van der Waals surface area contributed by atoms with E-state index in [0.717, 1.165) is 11.2 Å². The molecule has 2 aromatic carbocycles. The maximum Gasteiger partial charge on any atom is 0.219 e. The maximum absolute atomic E-state index is 6.68. The summed E-state index contributed by atoms with van der Waals surface area (Å²) in [5.74, 6) is 0. The standard InChI is InChI=1S/C24H27N2OSi/c1-14-18-9-11-25(3)22(18)15(2)24-20(14)23-21-16(8-10-26(23)4)12-17(28(5,6)7)13-19(21)27-24/h8-13H,1-7H3/q+1. The quantitative estimate of drug-likeness (QED) is 0.167. The van der Waals surface area contributed by atoms with Gasteiger partial charge in [-0.3, -0.25) is 0 Å². The molecule has 0 bridgehead atoms. The number of aryl methyl sites for hydroxylation is 4. The molecule has 0 spiro atoms. The summed E-state index contributed by atoms with van der Waals surface area (Å²) in [5, 5.41) is 6.49. The van der Waals surface area contributed by atoms with E-state index in [1.165, 1.54) is 48.9 Å². The van der Waals surface area contributed by atoms with Crippen LogP contribution in [0.1, 0.15) is 11.1 Å². The van der Waals surface area contributed by atoms with Crippen LogP contribution in [0.5, 0.6) is 0 Å². The minimum absolute atomic E-state index is 1.00. The van der Waals surface area contributed by atoms with E-state index in [-0.39, 0.29) is 0 Å². The Labute approximate surface area is 166 Å². The fourth-order valence-electron chi connectivity index (χ4n) is 4.70. The zero-order valence-corrected chi connectivity index (χ0v) is 18.8. The van der Waals surface area contributed by atoms with E-state index in [0.29, 0.717) is 0 Å². The van der Waals surface area contributed by atoms with Crippen LogP contribution in [0.3, 0.4) is 0 Å². The van der Waals surface area contributed by atoms with E-state index >= 15 is 0 Å². The van der Waals surface area contributed by atoms with Crippen molar-refractivity contribution < 1.29 is 8.98 Å². The second-order valence-corrected chi connectivity index (χ2v) is 14.3. The van der Waals surface area contributed by atoms with E-state index in [2.05, 4.69) is 93.4 Å². The molecule has 3 heterocycles. The largest absolute Gasteiger partial charge is 0.455 e. The summed E-state index contributed by atoms with van der Waals surface area (Å²) in [7, 11) is 2.80. The first kappa shape index (κ1) is 17.5. The molecule has 0 atom stereocenters. The van der Waals surface area contributed by atoms with Crippen molar-refractivity contribution in [1.82, 2.24) is 4.57 Å². The van der Waals surface area contributed by atoms with Gasteiger partial charge >= 0.3 is 0 Å². The lowest BCUT2D eigenvalue weighted by Gasteiger charge is -2.20. The van der Waals surface area contributed by atoms with E-state index < -0.39 is 8.07 Å². The normalized spacial score (nSPS) is 12.8. The molecule has 0 radical (unpaired) electrons. The molecule has 142 valence electrons. The number of hydrogen-bond donors (Lipinski definition) is 0. The number of fused-ring (bicyclic) bond motifs is 3. The zero-order valence-electron chi connectivity index (χ0n) is 17.8. The number of rotatable bonds is 1. The number of hydrogen-bond acceptors (Lipinski definition) is 1. The van der Waals surface area contributed by atoms with Gasteiger partial charge in [-0.05, 0) is 36.9 Å². The molecule has 3 aromatic heterocycles. The summed E-state index contributed by atoms with van der Waals surface area (Å²) in [4.78, 5) is 0. The Morgan fingerprint density at radius 1 is 1.00 bits per heavy atom. The molecule has 5 aromatic rings. The topological polar surface area (TPSA) is 21.9 Å². The smallest absolute Gasteiger partial charge is 0.219 e. The van der Waals surface area contributed by atoms with Crippen molar-refractivity contribution in [2.75, 3.05) is 0 Å². The number of pyridine rings is 1. The van der Waals surface area contributed by atoms with Gasteiger partial charge in [-0.15, -0.1) is 0 Å². The van der Waals surface area contributed by atoms with Crippen molar-refractivity contribution in [3.63, 3.8) is 0 Å². The molecule has 0 aliphatic rings. The Balaban J connectivity index is 2.12. The number of benzene rings is 2. The highest BCUT2D eigenvalue weighted by Gasteiger charge is 2.24. The van der Waals surface area contributed by atoms with Crippen LogP contribution in [0.4, 0.5) is 0 Å². The van der Waals surface area contributed by atoms with Gasteiger partial charge in [0, 0.05) is 30.1 Å². The number of nitrogens with zero attached hydrogens (tertiary/aromatic N) is 2. The van der Waals surface area contributed by atoms with Gasteiger partial charge in [0.1, 0.15) is 18.2 Å². The highest BCUT2D eigenvalue weighted by atomic mass is 28.3. The molecule has 0 unspecified atom stereocenters. The van der Waals surface area contributed by atoms with Crippen molar-refractivity contribution in [2.24, 2.45) is 14.1 Å². The third kappa shape index (κ3) is 2.18. The van der Waals surface area contributed by atoms with Crippen LogP contribution in [-0.2, 0) is 14.1 Å². The van der Waals surface area contributed by atoms with Gasteiger partial charge in [-0.2, -0.15) is 0 Å². The summed E-state index contributed by atoms with van der Waals surface area (Å²) < 4.78 is 11.1. The van der Waals surface area contributed by atoms with Crippen LogP contribution in [0, 0.1) is 13.8 Å². The van der Waals surface area contributed by atoms with Crippen LogP contribution in [0.2, 0.25) is 19.6 Å². The van der Waals surface area contributed by atoms with Gasteiger partial charge in [0.15, 0.2) is 6.20 Å². The molecular weight excluding hydrogens is 360 g/mol. The average molecular weight is 388 g/mol. The van der Waals surface area contributed by atoms with Gasteiger partial charge in [0.05, 0.1) is 24.5 Å². The maximum atomic E-state index is 6.68. The molecule has 28 heavy (non-hydrogen) atoms. The third-order valence-corrected chi connectivity index (χ3v) is 8.31. The minimum atomic E-state index is -1.45. The Morgan fingerprint density at radius 2 is 1.75 bits per heavy atom. The predicted octanol–water partition coefficient (Wildman–Crippen LogP) is 5.22. The first-order valence-corrected chi connectivity index (χ1v) is 13.4. The Hall–Kier alpha value is -2.59. The summed E-state index contributed by atoms with van der Waals surface area (Å²) in [6, 6.07) is 9.13. The molecule has 0 aliphatic heterocycles. The monoisotopic (exact) mass is 387 g/mol. The van der Waals surface area contributed by atoms with Crippen LogP contribution in [0.15, 0.2) is 41.1 Å². The van der Waals surface area contributed by atoms with Crippen molar-refractivity contribution in [1.29, 1.82) is 0 Å². The van der Waals surface area contributed by atoms with Gasteiger partial charge in [-0.1, -0.05) is 30.9 Å². The molecule has 0 N–H and O–H groups in total. The van der Waals surface area contributed by atoms with Crippen molar-refractivity contribution in [3.8, 4) is 0 Å². The molecular formula is C24H27N2OSi+. The summed E-state index contributed by atoms with van der Waals surface area (Å²) >= 11 is 0. The molecule has 4 heteroatoms. The van der Waals surface area contributed by atoms with Crippen LogP contribution in [-0.4, -0.2) is 12.6 Å². The number of aromatic nitrogens is 2. The lowest BCUT2D eigenvalue weighted by Crippen LogP contribution is -2.37. The predicted molar refractivity (Wildman–Crippen MR) is 121 cm³/mol. The Bertz CT molecular complexity index is 1430. The zero-order chi connectivity index (χ0) is 20.0. The van der Waals surface area contributed by atoms with Gasteiger partial charge < -0.3 is 8.98 Å². The van der Waals surface area contributed by atoms with Crippen LogP contribution < -0.4 is 9.75 Å². The molecule has 3 nitrogen and oxygen atoms in total. The molecule has 0 fully saturated rings. The second kappa shape index (κ2) is 5.48. The molecule has 0 amide bonds. The molecule has 0 aliphatic carbocycles. The first-order chi connectivity index (χ1) is 13.2. The van der Waals surface area contributed by atoms with E-state index in [1.54, 1.807) is 0 Å². The Kier molecular flexibility index (Phi) is 3.42. The summed E-state index contributed by atoms with van der Waals surface area (Å²) in [6.45, 7) is 11.6. The lowest BCUT2D eigenvalue weighted by molar-refractivity contribution is -0.642. The summed E-state index contributed by atoms with van der Waals surface area (Å²) in [6.07, 6.45) is 4.33. The van der Waals surface area contributed by atoms with Crippen molar-refractivity contribution >= 4 is 57.0 Å². The SMILES string of the molecule is Cc1c2cc[n+](C)c2c(C)c2oc3cc([Si](C)(C)C)cc4ccn(C)c(c12)c43. The van der Waals surface area contributed by atoms with Crippen molar-refractivity contribution in [2.45, 2.75) is 33.5 Å². The third-order valence-electron chi connectivity index (χ3n) is 6.29. The minimum Gasteiger partial charge on any atom is -0.455 e. The van der Waals surface area contributed by atoms with Gasteiger partial charge in [0.2, 0.25) is 5.52 Å². The van der Waals surface area contributed by atoms with Crippen molar-refractivity contribution in [3.05, 3.63) is 47.8 Å². The van der Waals surface area contributed by atoms with E-state index in [9.17, 15) is 0 Å². The second-order valence-electron chi connectivity index (χ2n) is 9.21. The highest BCUT2D eigenvalue weighted by Crippen LogP contribution is 2.39. The van der Waals surface area contributed by atoms with Gasteiger partial charge in [0.25, 0.3) is 0 Å². The molecule has 0 saturated carbocycles. The first-order valence-electron chi connectivity index (χ1n) is 9.92. The van der Waals surface area contributed by atoms with E-state index in [4.69, 9.17) is 4.42 Å². The summed E-state index contributed by atoms with van der Waals surface area (Å²) in [5.41, 5.74) is 7.04. The fourth-order valence-corrected chi connectivity index (χ4v) is 5.85. The molecule has 5 rings (SSSR count). The van der Waals surface area contributed by atoms with Gasteiger partial charge in [-0.25, -0.2) is 4.57 Å². The average Bonchev–Trinajstić information content (AvgIpc) is 3.03. The fraction of sp³-hybridized carbons (Fsp3) is 0.292. The highest BCUT2D eigenvalue weighted by molar-refractivity contribution is 6.89. The Morgan fingerprint density at radius 3 is 2.46 bits per heavy atom. The van der Waals surface area contributed by atoms with Crippen LogP contribution in [0.25, 0.3) is 43.7 Å². The lowest BCUT2D eigenvalue weighted by atomic mass is 9.97. The van der Waals surface area contributed by atoms with E-state index in [1.807, 2.05) is 0 Å². The molecule has 0 saturated heterocycles.